The first-order valence-corrected chi connectivity index (χ1v) is 13.9. The molecule has 2 bridgehead atoms. The second-order valence-corrected chi connectivity index (χ2v) is 10.7. The van der Waals surface area contributed by atoms with Crippen LogP contribution in [0.1, 0.15) is 58.4 Å². The van der Waals surface area contributed by atoms with Crippen LogP contribution < -0.4 is 9.47 Å². The lowest BCUT2D eigenvalue weighted by Crippen LogP contribution is -2.45. The number of rotatable bonds is 4. The predicted molar refractivity (Wildman–Crippen MR) is 150 cm³/mol. The molecule has 0 saturated carbocycles. The van der Waals surface area contributed by atoms with Crippen LogP contribution in [-0.4, -0.2) is 66.0 Å². The smallest absolute Gasteiger partial charge is 0.257 e. The fourth-order valence-corrected chi connectivity index (χ4v) is 5.63. The lowest BCUT2D eigenvalue weighted by Gasteiger charge is -2.42. The fraction of sp³-hybridized carbons (Fsp3) is 0.406. The van der Waals surface area contributed by atoms with Gasteiger partial charge in [0.15, 0.2) is 0 Å². The highest BCUT2D eigenvalue weighted by molar-refractivity contribution is 5.97. The van der Waals surface area contributed by atoms with Gasteiger partial charge in [-0.25, -0.2) is 0 Å². The molecule has 2 aromatic carbocycles. The molecule has 6 rings (SSSR count). The minimum Gasteiger partial charge on any atom is -0.491 e. The monoisotopic (exact) mass is 527 g/mol. The summed E-state index contributed by atoms with van der Waals surface area (Å²) in [5.74, 6) is 1.35. The van der Waals surface area contributed by atoms with Crippen LogP contribution in [0.2, 0.25) is 0 Å². The van der Waals surface area contributed by atoms with E-state index in [2.05, 4.69) is 4.98 Å². The van der Waals surface area contributed by atoms with Crippen molar-refractivity contribution in [1.82, 2.24) is 14.8 Å². The van der Waals surface area contributed by atoms with Crippen LogP contribution in [0.15, 0.2) is 73.1 Å². The molecule has 204 valence electrons. The normalized spacial score (nSPS) is 17.9. The van der Waals surface area contributed by atoms with E-state index in [-0.39, 0.29) is 17.2 Å². The summed E-state index contributed by atoms with van der Waals surface area (Å²) in [6.07, 6.45) is 8.07. The summed E-state index contributed by atoms with van der Waals surface area (Å²) in [5, 5.41) is 0. The molecule has 0 atom stereocenters. The van der Waals surface area contributed by atoms with Gasteiger partial charge in [-0.1, -0.05) is 36.8 Å². The first kappa shape index (κ1) is 26.7. The van der Waals surface area contributed by atoms with Gasteiger partial charge in [-0.3, -0.25) is 14.6 Å². The highest BCUT2D eigenvalue weighted by atomic mass is 16.5. The molecular formula is C32H37N3O4. The minimum absolute atomic E-state index is 0.00454. The van der Waals surface area contributed by atoms with Crippen molar-refractivity contribution in [3.05, 3.63) is 89.7 Å². The second kappa shape index (κ2) is 12.3. The molecule has 0 unspecified atom stereocenters. The Morgan fingerprint density at radius 3 is 2.54 bits per heavy atom. The third-order valence-electron chi connectivity index (χ3n) is 8.07. The molecule has 3 aliphatic heterocycles. The van der Waals surface area contributed by atoms with Gasteiger partial charge in [0, 0.05) is 36.8 Å². The predicted octanol–water partition coefficient (Wildman–Crippen LogP) is 5.40. The number of carbonyl (C=O) groups excluding carboxylic acids is 2. The zero-order valence-electron chi connectivity index (χ0n) is 22.7. The summed E-state index contributed by atoms with van der Waals surface area (Å²) in [6.45, 7) is 5.36. The van der Waals surface area contributed by atoms with Crippen LogP contribution in [0.4, 0.5) is 0 Å². The fourth-order valence-electron chi connectivity index (χ4n) is 5.63. The van der Waals surface area contributed by atoms with Crippen molar-refractivity contribution < 1.29 is 19.1 Å². The Morgan fingerprint density at radius 1 is 0.949 bits per heavy atom. The third-order valence-corrected chi connectivity index (χ3v) is 8.07. The lowest BCUT2D eigenvalue weighted by molar-refractivity contribution is 0.0358. The highest BCUT2D eigenvalue weighted by Gasteiger charge is 2.37. The molecule has 1 aromatic heterocycles. The van der Waals surface area contributed by atoms with E-state index in [9.17, 15) is 9.59 Å². The molecule has 0 aliphatic carbocycles. The molecule has 39 heavy (non-hydrogen) atoms. The minimum atomic E-state index is -0.0341. The van der Waals surface area contributed by atoms with Gasteiger partial charge >= 0.3 is 0 Å². The van der Waals surface area contributed by atoms with Crippen LogP contribution in [0, 0.1) is 12.3 Å². The Kier molecular flexibility index (Phi) is 8.45. The molecule has 1 fully saturated rings. The van der Waals surface area contributed by atoms with Gasteiger partial charge in [-0.15, -0.1) is 0 Å². The number of para-hydroxylation sites is 1. The van der Waals surface area contributed by atoms with Crippen LogP contribution in [0.3, 0.4) is 0 Å². The molecule has 1 saturated heterocycles. The first-order valence-electron chi connectivity index (χ1n) is 13.9. The van der Waals surface area contributed by atoms with E-state index >= 15 is 0 Å². The van der Waals surface area contributed by atoms with Gasteiger partial charge in [-0.05, 0) is 68.5 Å². The zero-order valence-corrected chi connectivity index (χ0v) is 22.7. The number of nitrogens with zero attached hydrogens (tertiary/aromatic N) is 3. The third kappa shape index (κ3) is 6.41. The van der Waals surface area contributed by atoms with E-state index in [1.807, 2.05) is 77.4 Å². The summed E-state index contributed by atoms with van der Waals surface area (Å²) >= 11 is 0. The largest absolute Gasteiger partial charge is 0.491 e. The number of hydrogen-bond donors (Lipinski definition) is 0. The number of pyridine rings is 1. The molecule has 0 N–H and O–H groups in total. The van der Waals surface area contributed by atoms with Gasteiger partial charge in [0.2, 0.25) is 0 Å². The Labute approximate surface area is 230 Å². The molecule has 2 amide bonds. The summed E-state index contributed by atoms with van der Waals surface area (Å²) < 4.78 is 12.3. The van der Waals surface area contributed by atoms with Gasteiger partial charge in [0.1, 0.15) is 18.1 Å². The number of aromatic nitrogens is 1. The molecule has 3 aromatic rings. The summed E-state index contributed by atoms with van der Waals surface area (Å²) in [5.41, 5.74) is 2.23. The summed E-state index contributed by atoms with van der Waals surface area (Å²) in [4.78, 5) is 35.1. The number of carbonyl (C=O) groups is 2. The molecular weight excluding hydrogens is 490 g/mol. The van der Waals surface area contributed by atoms with Crippen molar-refractivity contribution in [3.8, 4) is 11.5 Å². The molecule has 0 spiro atoms. The molecule has 4 heterocycles. The highest BCUT2D eigenvalue weighted by Crippen LogP contribution is 2.38. The maximum absolute atomic E-state index is 13.6. The number of fused-ring (bicyclic) bond motifs is 9. The Morgan fingerprint density at radius 2 is 1.74 bits per heavy atom. The topological polar surface area (TPSA) is 72.0 Å². The average Bonchev–Trinajstić information content (AvgIpc) is 2.98. The zero-order chi connectivity index (χ0) is 27.1. The number of benzene rings is 2. The number of amides is 2. The summed E-state index contributed by atoms with van der Waals surface area (Å²) in [6, 6.07) is 19.0. The maximum atomic E-state index is 13.6. The lowest BCUT2D eigenvalue weighted by atomic mass is 9.75. The summed E-state index contributed by atoms with van der Waals surface area (Å²) in [7, 11) is 0. The number of hydrogen-bond acceptors (Lipinski definition) is 5. The number of aryl methyl sites for hydroxylation is 1. The quantitative estimate of drug-likeness (QED) is 0.455. The van der Waals surface area contributed by atoms with Crippen molar-refractivity contribution in [2.75, 3.05) is 39.4 Å². The van der Waals surface area contributed by atoms with E-state index in [4.69, 9.17) is 9.47 Å². The van der Waals surface area contributed by atoms with E-state index < -0.39 is 0 Å². The van der Waals surface area contributed by atoms with E-state index in [0.29, 0.717) is 50.7 Å². The molecule has 0 radical (unpaired) electrons. The van der Waals surface area contributed by atoms with Crippen molar-refractivity contribution in [2.45, 2.75) is 39.0 Å². The van der Waals surface area contributed by atoms with Gasteiger partial charge in [0.25, 0.3) is 11.8 Å². The van der Waals surface area contributed by atoms with E-state index in [0.717, 1.165) is 49.0 Å². The molecule has 3 aliphatic rings. The van der Waals surface area contributed by atoms with Gasteiger partial charge in [0.05, 0.1) is 24.9 Å². The molecule has 7 nitrogen and oxygen atoms in total. The van der Waals surface area contributed by atoms with Crippen molar-refractivity contribution >= 4 is 11.8 Å². The number of piperidine rings is 1. The van der Waals surface area contributed by atoms with Crippen LogP contribution in [0.5, 0.6) is 11.5 Å². The van der Waals surface area contributed by atoms with Gasteiger partial charge in [-0.2, -0.15) is 0 Å². The second-order valence-electron chi connectivity index (χ2n) is 10.7. The van der Waals surface area contributed by atoms with E-state index in [1.54, 1.807) is 12.4 Å². The SMILES string of the molecule is Cc1ccccc1C(=O)N1CCCCC2(COc3cccnc3)CCN(CC2)C(=O)c2ccccc2OCC1. The maximum Gasteiger partial charge on any atom is 0.257 e. The van der Waals surface area contributed by atoms with Crippen LogP contribution in [-0.2, 0) is 0 Å². The number of ether oxygens (including phenoxy) is 2. The average molecular weight is 528 g/mol. The van der Waals surface area contributed by atoms with Crippen molar-refractivity contribution in [1.29, 1.82) is 0 Å². The van der Waals surface area contributed by atoms with Gasteiger partial charge < -0.3 is 19.3 Å². The Hall–Kier alpha value is -3.87. The molecule has 7 heteroatoms. The standard InChI is InChI=1S/C32H37N3O4/c1-25-9-2-3-11-27(25)30(36)34-18-7-6-14-32(24-39-26-10-8-17-33-23-26)15-19-35(20-16-32)31(37)28-12-4-5-13-29(28)38-22-21-34/h2-5,8-13,17,23H,6-7,14-16,18-22,24H2,1H3. The van der Waals surface area contributed by atoms with Crippen molar-refractivity contribution in [2.24, 2.45) is 5.41 Å². The first-order chi connectivity index (χ1) is 19.0. The van der Waals surface area contributed by atoms with E-state index in [1.165, 1.54) is 0 Å². The Bertz CT molecular complexity index is 1270. The van der Waals surface area contributed by atoms with Crippen LogP contribution >= 0.6 is 0 Å². The Balaban J connectivity index is 1.38. The van der Waals surface area contributed by atoms with Crippen LogP contribution in [0.25, 0.3) is 0 Å². The van der Waals surface area contributed by atoms with Crippen molar-refractivity contribution in [3.63, 3.8) is 0 Å².